The molecule has 1 N–H and O–H groups in total. The second kappa shape index (κ2) is 7.49. The Bertz CT molecular complexity index is 964. The highest BCUT2D eigenvalue weighted by atomic mass is 19.4. The number of rotatable bonds is 5. The average molecular weight is 390 g/mol. The molecule has 1 aromatic carbocycles. The van der Waals surface area contributed by atoms with Gasteiger partial charge in [-0.15, -0.1) is 0 Å². The summed E-state index contributed by atoms with van der Waals surface area (Å²) < 4.78 is 41.2. The highest BCUT2D eigenvalue weighted by Crippen LogP contribution is 2.30. The summed E-state index contributed by atoms with van der Waals surface area (Å²) in [4.78, 5) is 9.29. The van der Waals surface area contributed by atoms with Crippen molar-refractivity contribution in [3.63, 3.8) is 0 Å². The summed E-state index contributed by atoms with van der Waals surface area (Å²) in [7, 11) is 3.26. The Labute approximate surface area is 161 Å². The van der Waals surface area contributed by atoms with Gasteiger partial charge in [0.1, 0.15) is 5.82 Å². The standard InChI is InChI=1S/C19H21F3N6/c1-12-15(13(2)28(26-12)14-8-6-5-7-9-14)11-23-18-24-16(19(20,21)22)10-17(25-18)27(3)4/h5-10H,11H2,1-4H3,(H,23,24,25). The first-order valence-electron chi connectivity index (χ1n) is 8.65. The smallest absolute Gasteiger partial charge is 0.363 e. The van der Waals surface area contributed by atoms with Crippen molar-refractivity contribution in [2.24, 2.45) is 0 Å². The molecule has 9 heteroatoms. The Hall–Kier alpha value is -3.10. The van der Waals surface area contributed by atoms with Gasteiger partial charge in [-0.25, -0.2) is 9.67 Å². The van der Waals surface area contributed by atoms with Crippen LogP contribution in [-0.2, 0) is 12.7 Å². The van der Waals surface area contributed by atoms with Crippen LogP contribution in [0.15, 0.2) is 36.4 Å². The summed E-state index contributed by atoms with van der Waals surface area (Å²) >= 11 is 0. The number of nitrogens with one attached hydrogen (secondary N) is 1. The second-order valence-corrected chi connectivity index (χ2v) is 6.58. The number of aryl methyl sites for hydroxylation is 1. The zero-order valence-corrected chi connectivity index (χ0v) is 16.0. The molecule has 3 aromatic rings. The van der Waals surface area contributed by atoms with Crippen molar-refractivity contribution in [3.8, 4) is 5.69 Å². The third kappa shape index (κ3) is 4.08. The first-order chi connectivity index (χ1) is 13.2. The maximum atomic E-state index is 13.1. The van der Waals surface area contributed by atoms with Crippen LogP contribution in [0.2, 0.25) is 0 Å². The number of hydrogen-bond acceptors (Lipinski definition) is 5. The zero-order valence-electron chi connectivity index (χ0n) is 16.0. The lowest BCUT2D eigenvalue weighted by Gasteiger charge is -2.16. The van der Waals surface area contributed by atoms with Gasteiger partial charge in [-0.05, 0) is 26.0 Å². The summed E-state index contributed by atoms with van der Waals surface area (Å²) in [5.41, 5.74) is 2.50. The Morgan fingerprint density at radius 3 is 2.36 bits per heavy atom. The minimum atomic E-state index is -4.55. The molecule has 0 fully saturated rings. The summed E-state index contributed by atoms with van der Waals surface area (Å²) in [6, 6.07) is 10.6. The molecule has 0 aliphatic rings. The van der Waals surface area contributed by atoms with Gasteiger partial charge in [-0.1, -0.05) is 18.2 Å². The average Bonchev–Trinajstić information content (AvgIpc) is 2.93. The Balaban J connectivity index is 1.89. The van der Waals surface area contributed by atoms with E-state index in [0.29, 0.717) is 0 Å². The fourth-order valence-corrected chi connectivity index (χ4v) is 2.81. The van der Waals surface area contributed by atoms with E-state index in [1.807, 2.05) is 48.9 Å². The molecular formula is C19H21F3N6. The number of halogens is 3. The molecule has 0 saturated carbocycles. The number of hydrogen-bond donors (Lipinski definition) is 1. The predicted molar refractivity (Wildman–Crippen MR) is 102 cm³/mol. The maximum absolute atomic E-state index is 13.1. The largest absolute Gasteiger partial charge is 0.433 e. The van der Waals surface area contributed by atoms with E-state index in [9.17, 15) is 13.2 Å². The molecule has 3 rings (SSSR count). The molecule has 28 heavy (non-hydrogen) atoms. The van der Waals surface area contributed by atoms with Gasteiger partial charge in [0.05, 0.1) is 11.4 Å². The SMILES string of the molecule is Cc1nn(-c2ccccc2)c(C)c1CNc1nc(N(C)C)cc(C(F)(F)F)n1. The van der Waals surface area contributed by atoms with Crippen molar-refractivity contribution in [1.82, 2.24) is 19.7 Å². The molecule has 0 radical (unpaired) electrons. The summed E-state index contributed by atoms with van der Waals surface area (Å²) in [5, 5.41) is 7.46. The highest BCUT2D eigenvalue weighted by Gasteiger charge is 2.34. The van der Waals surface area contributed by atoms with E-state index in [1.165, 1.54) is 4.90 Å². The van der Waals surface area contributed by atoms with Gasteiger partial charge in [0.2, 0.25) is 5.95 Å². The molecule has 0 aliphatic carbocycles. The van der Waals surface area contributed by atoms with E-state index in [-0.39, 0.29) is 18.3 Å². The van der Waals surface area contributed by atoms with E-state index in [2.05, 4.69) is 20.4 Å². The summed E-state index contributed by atoms with van der Waals surface area (Å²) in [6.07, 6.45) is -4.55. The van der Waals surface area contributed by atoms with Crippen LogP contribution in [0.4, 0.5) is 24.9 Å². The fourth-order valence-electron chi connectivity index (χ4n) is 2.81. The van der Waals surface area contributed by atoms with E-state index in [4.69, 9.17) is 0 Å². The molecule has 0 atom stereocenters. The molecule has 2 aromatic heterocycles. The lowest BCUT2D eigenvalue weighted by Crippen LogP contribution is -2.17. The number of nitrogens with zero attached hydrogens (tertiary/aromatic N) is 5. The van der Waals surface area contributed by atoms with Crippen molar-refractivity contribution >= 4 is 11.8 Å². The van der Waals surface area contributed by atoms with Crippen LogP contribution in [0, 0.1) is 13.8 Å². The quantitative estimate of drug-likeness (QED) is 0.714. The molecule has 0 amide bonds. The molecular weight excluding hydrogens is 369 g/mol. The van der Waals surface area contributed by atoms with Gasteiger partial charge in [0.25, 0.3) is 0 Å². The zero-order chi connectivity index (χ0) is 20.5. The normalized spacial score (nSPS) is 11.5. The number of alkyl halides is 3. The van der Waals surface area contributed by atoms with Crippen LogP contribution in [-0.4, -0.2) is 33.8 Å². The van der Waals surface area contributed by atoms with Gasteiger partial charge in [-0.3, -0.25) is 0 Å². The van der Waals surface area contributed by atoms with Gasteiger partial charge in [0.15, 0.2) is 5.69 Å². The summed E-state index contributed by atoms with van der Waals surface area (Å²) in [6.45, 7) is 4.04. The Morgan fingerprint density at radius 1 is 1.07 bits per heavy atom. The molecule has 6 nitrogen and oxygen atoms in total. The van der Waals surface area contributed by atoms with Crippen LogP contribution in [0.5, 0.6) is 0 Å². The first kappa shape index (κ1) is 19.7. The lowest BCUT2D eigenvalue weighted by atomic mass is 10.2. The van der Waals surface area contributed by atoms with E-state index >= 15 is 0 Å². The van der Waals surface area contributed by atoms with Crippen molar-refractivity contribution in [2.75, 3.05) is 24.3 Å². The fraction of sp³-hybridized carbons (Fsp3) is 0.316. The van der Waals surface area contributed by atoms with Crippen LogP contribution in [0.25, 0.3) is 5.69 Å². The van der Waals surface area contributed by atoms with Crippen molar-refractivity contribution in [3.05, 3.63) is 59.0 Å². The van der Waals surface area contributed by atoms with Crippen molar-refractivity contribution in [2.45, 2.75) is 26.6 Å². The van der Waals surface area contributed by atoms with Gasteiger partial charge in [0, 0.05) is 38.0 Å². The third-order valence-corrected chi connectivity index (χ3v) is 4.33. The molecule has 2 heterocycles. The van der Waals surface area contributed by atoms with Crippen LogP contribution < -0.4 is 10.2 Å². The summed E-state index contributed by atoms with van der Waals surface area (Å²) in [5.74, 6) is 0.100. The molecule has 148 valence electrons. The van der Waals surface area contributed by atoms with E-state index < -0.39 is 11.9 Å². The van der Waals surface area contributed by atoms with Crippen molar-refractivity contribution < 1.29 is 13.2 Å². The topological polar surface area (TPSA) is 58.9 Å². The monoisotopic (exact) mass is 390 g/mol. The minimum Gasteiger partial charge on any atom is -0.363 e. The van der Waals surface area contributed by atoms with Crippen LogP contribution >= 0.6 is 0 Å². The maximum Gasteiger partial charge on any atom is 0.433 e. The highest BCUT2D eigenvalue weighted by molar-refractivity contribution is 5.45. The second-order valence-electron chi connectivity index (χ2n) is 6.58. The Morgan fingerprint density at radius 2 is 1.75 bits per heavy atom. The van der Waals surface area contributed by atoms with E-state index in [0.717, 1.165) is 28.7 Å². The van der Waals surface area contributed by atoms with Gasteiger partial charge in [-0.2, -0.15) is 23.3 Å². The van der Waals surface area contributed by atoms with Crippen LogP contribution in [0.3, 0.4) is 0 Å². The van der Waals surface area contributed by atoms with Gasteiger partial charge >= 0.3 is 6.18 Å². The first-order valence-corrected chi connectivity index (χ1v) is 8.65. The molecule has 0 saturated heterocycles. The minimum absolute atomic E-state index is 0.0789. The number of para-hydroxylation sites is 1. The Kier molecular flexibility index (Phi) is 5.26. The van der Waals surface area contributed by atoms with Crippen molar-refractivity contribution in [1.29, 1.82) is 0 Å². The third-order valence-electron chi connectivity index (χ3n) is 4.33. The van der Waals surface area contributed by atoms with E-state index in [1.54, 1.807) is 14.1 Å². The molecule has 0 spiro atoms. The lowest BCUT2D eigenvalue weighted by molar-refractivity contribution is -0.141. The van der Waals surface area contributed by atoms with Gasteiger partial charge < -0.3 is 10.2 Å². The number of benzene rings is 1. The predicted octanol–water partition coefficient (Wildman–Crippen LogP) is 3.98. The molecule has 0 unspecified atom stereocenters. The number of anilines is 2. The molecule has 0 aliphatic heterocycles. The molecule has 0 bridgehead atoms. The number of aromatic nitrogens is 4. The van der Waals surface area contributed by atoms with Crippen LogP contribution in [0.1, 0.15) is 22.6 Å².